The molecule has 0 spiro atoms. The zero-order valence-corrected chi connectivity index (χ0v) is 16.5. The third kappa shape index (κ3) is 4.69. The van der Waals surface area contributed by atoms with Gasteiger partial charge in [0.15, 0.2) is 12.3 Å². The molecule has 0 saturated heterocycles. The molecule has 3 rings (SSSR count). The number of hydrogen-bond acceptors (Lipinski definition) is 5. The van der Waals surface area contributed by atoms with Crippen LogP contribution in [0.1, 0.15) is 36.3 Å². The molecule has 2 heterocycles. The summed E-state index contributed by atoms with van der Waals surface area (Å²) in [7, 11) is 0. The van der Waals surface area contributed by atoms with Gasteiger partial charge < -0.3 is 10.1 Å². The van der Waals surface area contributed by atoms with Gasteiger partial charge in [0.1, 0.15) is 22.5 Å². The molecular formula is C19H16ClF5N4O. The predicted molar refractivity (Wildman–Crippen MR) is 102 cm³/mol. The van der Waals surface area contributed by atoms with E-state index in [-0.39, 0.29) is 33.8 Å². The quantitative estimate of drug-likeness (QED) is 0.459. The number of ether oxygens (including phenoxy) is 1. The van der Waals surface area contributed by atoms with E-state index in [9.17, 15) is 22.0 Å². The Morgan fingerprint density at radius 3 is 2.47 bits per heavy atom. The summed E-state index contributed by atoms with van der Waals surface area (Å²) in [6.07, 6.45) is -5.66. The van der Waals surface area contributed by atoms with Crippen LogP contribution in [0.2, 0.25) is 5.02 Å². The number of anilines is 1. The van der Waals surface area contributed by atoms with Crippen molar-refractivity contribution < 1.29 is 26.7 Å². The number of hydrogen-bond donors (Lipinski definition) is 1. The number of aryl methyl sites for hydroxylation is 1. The highest BCUT2D eigenvalue weighted by Crippen LogP contribution is 2.33. The van der Waals surface area contributed by atoms with Crippen molar-refractivity contribution in [2.24, 2.45) is 0 Å². The minimum atomic E-state index is -2.95. The van der Waals surface area contributed by atoms with Gasteiger partial charge in [-0.25, -0.2) is 31.9 Å². The van der Waals surface area contributed by atoms with Crippen LogP contribution in [0.4, 0.5) is 27.8 Å². The summed E-state index contributed by atoms with van der Waals surface area (Å²) in [6.45, 7) is 2.26. The zero-order valence-electron chi connectivity index (χ0n) is 15.8. The van der Waals surface area contributed by atoms with E-state index in [0.29, 0.717) is 5.39 Å². The lowest BCUT2D eigenvalue weighted by atomic mass is 10.0. The largest absolute Gasteiger partial charge is 0.470 e. The molecule has 1 N–H and O–H groups in total. The molecule has 1 aromatic carbocycles. The fourth-order valence-corrected chi connectivity index (χ4v) is 3.04. The van der Waals surface area contributed by atoms with E-state index in [1.807, 2.05) is 0 Å². The third-order valence-corrected chi connectivity index (χ3v) is 4.45. The normalized spacial score (nSPS) is 12.6. The van der Waals surface area contributed by atoms with Crippen molar-refractivity contribution in [3.05, 3.63) is 52.1 Å². The Kier molecular flexibility index (Phi) is 6.55. The summed E-state index contributed by atoms with van der Waals surface area (Å²) in [5.41, 5.74) is -0.559. The Bertz CT molecular complexity index is 1070. The Balaban J connectivity index is 1.98. The molecule has 0 radical (unpaired) electrons. The van der Waals surface area contributed by atoms with Gasteiger partial charge in [-0.15, -0.1) is 0 Å². The number of fused-ring (bicyclic) bond motifs is 1. The lowest BCUT2D eigenvalue weighted by Gasteiger charge is -2.19. The van der Waals surface area contributed by atoms with Crippen molar-refractivity contribution in [1.29, 1.82) is 0 Å². The Labute approximate surface area is 173 Å². The molecule has 0 saturated carbocycles. The van der Waals surface area contributed by atoms with Crippen LogP contribution in [0.3, 0.4) is 0 Å². The van der Waals surface area contributed by atoms with E-state index in [0.717, 1.165) is 6.07 Å². The van der Waals surface area contributed by atoms with E-state index in [4.69, 9.17) is 16.3 Å². The molecule has 11 heteroatoms. The first-order valence-electron chi connectivity index (χ1n) is 8.76. The topological polar surface area (TPSA) is 59.9 Å². The van der Waals surface area contributed by atoms with Crippen molar-refractivity contribution in [2.45, 2.75) is 32.7 Å². The molecular weight excluding hydrogens is 431 g/mol. The molecule has 160 valence electrons. The van der Waals surface area contributed by atoms with E-state index < -0.39 is 36.9 Å². The van der Waals surface area contributed by atoms with Crippen LogP contribution in [0.5, 0.6) is 5.88 Å². The second kappa shape index (κ2) is 8.95. The van der Waals surface area contributed by atoms with E-state index in [2.05, 4.69) is 20.3 Å². The van der Waals surface area contributed by atoms with Crippen LogP contribution in [0.15, 0.2) is 24.3 Å². The number of rotatable bonds is 7. The smallest absolute Gasteiger partial charge is 0.272 e. The van der Waals surface area contributed by atoms with Gasteiger partial charge in [0.25, 0.3) is 12.9 Å². The number of benzene rings is 1. The maximum Gasteiger partial charge on any atom is 0.272 e. The minimum absolute atomic E-state index is 0.0214. The van der Waals surface area contributed by atoms with Gasteiger partial charge >= 0.3 is 0 Å². The summed E-state index contributed by atoms with van der Waals surface area (Å²) < 4.78 is 70.2. The number of halogens is 6. The maximum absolute atomic E-state index is 14.5. The van der Waals surface area contributed by atoms with Crippen LogP contribution < -0.4 is 10.1 Å². The summed E-state index contributed by atoms with van der Waals surface area (Å²) >= 11 is 6.07. The molecule has 5 nitrogen and oxygen atoms in total. The summed E-state index contributed by atoms with van der Waals surface area (Å²) in [5, 5.41) is 3.23. The monoisotopic (exact) mass is 446 g/mol. The highest BCUT2D eigenvalue weighted by Gasteiger charge is 2.21. The fraction of sp³-hybridized carbons (Fsp3) is 0.316. The number of pyridine rings is 1. The average Bonchev–Trinajstić information content (AvgIpc) is 2.66. The molecule has 1 atom stereocenters. The van der Waals surface area contributed by atoms with Crippen molar-refractivity contribution >= 4 is 28.5 Å². The molecule has 0 unspecified atom stereocenters. The second-order valence-electron chi connectivity index (χ2n) is 6.39. The number of aromatic nitrogens is 3. The van der Waals surface area contributed by atoms with Gasteiger partial charge in [-0.2, -0.15) is 4.98 Å². The van der Waals surface area contributed by atoms with Gasteiger partial charge in [0, 0.05) is 5.56 Å². The first-order chi connectivity index (χ1) is 14.2. The Hall–Kier alpha value is -2.75. The highest BCUT2D eigenvalue weighted by molar-refractivity contribution is 6.32. The zero-order chi connectivity index (χ0) is 22.0. The van der Waals surface area contributed by atoms with Gasteiger partial charge in [0.05, 0.1) is 17.0 Å². The average molecular weight is 447 g/mol. The van der Waals surface area contributed by atoms with Gasteiger partial charge in [0.2, 0.25) is 5.88 Å². The standard InChI is InChI=1S/C19H16ClF5N4O/c1-8(10-4-3-5-11(15(10)23)16(24)25)26-17-12-6-13(20)19(30-7-14(21)22)29-18(12)28-9(2)27-17/h3-6,8,14,16H,7H2,1-2H3,(H,26,27,28,29)/t8-/m1/s1. The minimum Gasteiger partial charge on any atom is -0.470 e. The lowest BCUT2D eigenvalue weighted by molar-refractivity contribution is 0.0798. The van der Waals surface area contributed by atoms with Crippen molar-refractivity contribution in [3.63, 3.8) is 0 Å². The van der Waals surface area contributed by atoms with E-state index >= 15 is 0 Å². The van der Waals surface area contributed by atoms with Crippen molar-refractivity contribution in [1.82, 2.24) is 15.0 Å². The molecule has 0 aliphatic rings. The molecule has 0 bridgehead atoms. The molecule has 0 aliphatic heterocycles. The van der Waals surface area contributed by atoms with Gasteiger partial charge in [-0.3, -0.25) is 0 Å². The molecule has 0 fully saturated rings. The van der Waals surface area contributed by atoms with Gasteiger partial charge in [-0.05, 0) is 19.9 Å². The number of nitrogens with zero attached hydrogens (tertiary/aromatic N) is 3. The SMILES string of the molecule is Cc1nc(N[C@H](C)c2cccc(C(F)F)c2F)c2cc(Cl)c(OCC(F)F)nc2n1. The summed E-state index contributed by atoms with van der Waals surface area (Å²) in [5.74, 6) is -0.714. The van der Waals surface area contributed by atoms with Crippen molar-refractivity contribution in [3.8, 4) is 5.88 Å². The van der Waals surface area contributed by atoms with E-state index in [1.165, 1.54) is 18.2 Å². The maximum atomic E-state index is 14.5. The van der Waals surface area contributed by atoms with Crippen LogP contribution in [0.25, 0.3) is 11.0 Å². The van der Waals surface area contributed by atoms with E-state index in [1.54, 1.807) is 13.8 Å². The summed E-state index contributed by atoms with van der Waals surface area (Å²) in [4.78, 5) is 12.4. The Morgan fingerprint density at radius 2 is 1.80 bits per heavy atom. The Morgan fingerprint density at radius 1 is 1.10 bits per heavy atom. The third-order valence-electron chi connectivity index (χ3n) is 4.18. The highest BCUT2D eigenvalue weighted by atomic mass is 35.5. The van der Waals surface area contributed by atoms with Crippen LogP contribution in [-0.4, -0.2) is 28.0 Å². The summed E-state index contributed by atoms with van der Waals surface area (Å²) in [6, 6.07) is 4.38. The van der Waals surface area contributed by atoms with Crippen LogP contribution in [-0.2, 0) is 0 Å². The van der Waals surface area contributed by atoms with Crippen LogP contribution >= 0.6 is 11.6 Å². The van der Waals surface area contributed by atoms with Gasteiger partial charge in [-0.1, -0.05) is 29.8 Å². The first-order valence-corrected chi connectivity index (χ1v) is 9.14. The van der Waals surface area contributed by atoms with Crippen LogP contribution in [0, 0.1) is 12.7 Å². The second-order valence-corrected chi connectivity index (χ2v) is 6.79. The fourth-order valence-electron chi connectivity index (χ4n) is 2.83. The molecule has 0 amide bonds. The molecule has 2 aromatic heterocycles. The number of alkyl halides is 4. The number of nitrogens with one attached hydrogen (secondary N) is 1. The molecule has 0 aliphatic carbocycles. The van der Waals surface area contributed by atoms with Crippen molar-refractivity contribution in [2.75, 3.05) is 11.9 Å². The molecule has 30 heavy (non-hydrogen) atoms. The first kappa shape index (κ1) is 21.9. The predicted octanol–water partition coefficient (Wildman–Crippen LogP) is 5.88. The molecule has 3 aromatic rings. The lowest BCUT2D eigenvalue weighted by Crippen LogP contribution is -2.13.